The van der Waals surface area contributed by atoms with Crippen LogP contribution in [0.1, 0.15) is 31.2 Å². The van der Waals surface area contributed by atoms with E-state index in [0.717, 1.165) is 31.2 Å². The molecule has 1 aliphatic rings. The van der Waals surface area contributed by atoms with Crippen LogP contribution in [0.25, 0.3) is 0 Å². The lowest BCUT2D eigenvalue weighted by Crippen LogP contribution is -2.28. The number of ketones is 1. The second kappa shape index (κ2) is 8.74. The van der Waals surface area contributed by atoms with Crippen molar-refractivity contribution in [2.45, 2.75) is 38.4 Å². The highest BCUT2D eigenvalue weighted by Gasteiger charge is 2.32. The topological polar surface area (TPSA) is 61.8 Å². The molecule has 1 aromatic rings. The Labute approximate surface area is 137 Å². The molecule has 0 atom stereocenters. The number of rotatable bonds is 8. The van der Waals surface area contributed by atoms with Crippen LogP contribution in [0.5, 0.6) is 0 Å². The summed E-state index contributed by atoms with van der Waals surface area (Å²) >= 11 is 0. The first-order valence-electron chi connectivity index (χ1n) is 7.95. The Morgan fingerprint density at radius 3 is 2.26 bits per heavy atom. The van der Waals surface area contributed by atoms with Gasteiger partial charge in [-0.05, 0) is 31.2 Å². The number of carbonyl (C=O) groups excluding carboxylic acids is 1. The van der Waals surface area contributed by atoms with Gasteiger partial charge >= 0.3 is 7.60 Å². The minimum absolute atomic E-state index is 0.0291. The van der Waals surface area contributed by atoms with Gasteiger partial charge in [0.15, 0.2) is 0 Å². The maximum Gasteiger partial charge on any atom is 0.337 e. The number of hydrogen-bond acceptors (Lipinski definition) is 5. The van der Waals surface area contributed by atoms with Gasteiger partial charge in [-0.25, -0.2) is 0 Å². The summed E-state index contributed by atoms with van der Waals surface area (Å²) in [5.74, 6) is -0.0938. The standard InChI is InChI=1S/C17H25O5P/c1-20-23(19,21-2)13-17(18)15-8-10-16(11-9-15)22-12-14-6-4-3-5-7-14/h3-7,15-16H,8-13H2,1-2H3/t15-,16+. The van der Waals surface area contributed by atoms with Gasteiger partial charge in [0.2, 0.25) is 0 Å². The zero-order chi connectivity index (χ0) is 16.7. The smallest absolute Gasteiger partial charge is 0.337 e. The van der Waals surface area contributed by atoms with Crippen molar-refractivity contribution in [3.8, 4) is 0 Å². The molecule has 6 heteroatoms. The number of benzene rings is 1. The summed E-state index contributed by atoms with van der Waals surface area (Å²) in [6, 6.07) is 10.1. The SMILES string of the molecule is COP(=O)(CC(=O)[C@H]1CC[C@@H](OCc2ccccc2)CC1)OC. The molecule has 0 heterocycles. The van der Waals surface area contributed by atoms with Crippen LogP contribution >= 0.6 is 7.60 Å². The predicted octanol–water partition coefficient (Wildman–Crippen LogP) is 3.82. The average Bonchev–Trinajstić information content (AvgIpc) is 2.61. The van der Waals surface area contributed by atoms with Crippen molar-refractivity contribution in [3.63, 3.8) is 0 Å². The van der Waals surface area contributed by atoms with Crippen LogP contribution in [0.4, 0.5) is 0 Å². The lowest BCUT2D eigenvalue weighted by atomic mass is 9.85. The Morgan fingerprint density at radius 2 is 1.70 bits per heavy atom. The van der Waals surface area contributed by atoms with Crippen LogP contribution in [0, 0.1) is 5.92 Å². The Hall–Kier alpha value is -1.00. The van der Waals surface area contributed by atoms with E-state index in [9.17, 15) is 9.36 Å². The Balaban J connectivity index is 1.75. The highest BCUT2D eigenvalue weighted by Crippen LogP contribution is 2.47. The number of carbonyl (C=O) groups is 1. The third-order valence-corrected chi connectivity index (χ3v) is 6.18. The fourth-order valence-corrected chi connectivity index (χ4v) is 3.91. The summed E-state index contributed by atoms with van der Waals surface area (Å²) in [7, 11) is -0.630. The number of Topliss-reactive ketones (excluding diaryl/α,β-unsaturated/α-hetero) is 1. The van der Waals surface area contributed by atoms with Crippen LogP contribution < -0.4 is 0 Å². The summed E-state index contributed by atoms with van der Waals surface area (Å²) in [5.41, 5.74) is 1.16. The molecule has 0 aromatic heterocycles. The van der Waals surface area contributed by atoms with Crippen molar-refractivity contribution in [2.24, 2.45) is 5.92 Å². The van der Waals surface area contributed by atoms with Gasteiger partial charge in [0.25, 0.3) is 0 Å². The van der Waals surface area contributed by atoms with Gasteiger partial charge in [0.05, 0.1) is 12.7 Å². The highest BCUT2D eigenvalue weighted by atomic mass is 31.2. The van der Waals surface area contributed by atoms with Gasteiger partial charge in [-0.1, -0.05) is 30.3 Å². The summed E-state index contributed by atoms with van der Waals surface area (Å²) in [6.07, 6.45) is 3.30. The molecule has 0 radical (unpaired) electrons. The lowest BCUT2D eigenvalue weighted by molar-refractivity contribution is -0.122. The zero-order valence-electron chi connectivity index (χ0n) is 13.8. The summed E-state index contributed by atoms with van der Waals surface area (Å²) in [4.78, 5) is 12.2. The van der Waals surface area contributed by atoms with E-state index in [-0.39, 0.29) is 24.0 Å². The van der Waals surface area contributed by atoms with E-state index in [1.807, 2.05) is 30.3 Å². The molecular weight excluding hydrogens is 315 g/mol. The molecule has 0 saturated heterocycles. The minimum atomic E-state index is -3.25. The number of hydrogen-bond donors (Lipinski definition) is 0. The minimum Gasteiger partial charge on any atom is -0.374 e. The van der Waals surface area contributed by atoms with Crippen molar-refractivity contribution in [2.75, 3.05) is 20.4 Å². The lowest BCUT2D eigenvalue weighted by Gasteiger charge is -2.28. The maximum absolute atomic E-state index is 12.2. The summed E-state index contributed by atoms with van der Waals surface area (Å²) in [6.45, 7) is 0.604. The third-order valence-electron chi connectivity index (χ3n) is 4.36. The van der Waals surface area contributed by atoms with Crippen molar-refractivity contribution in [1.29, 1.82) is 0 Å². The summed E-state index contributed by atoms with van der Waals surface area (Å²) in [5, 5.41) is 0. The largest absolute Gasteiger partial charge is 0.374 e. The molecule has 23 heavy (non-hydrogen) atoms. The quantitative estimate of drug-likeness (QED) is 0.673. The van der Waals surface area contributed by atoms with E-state index >= 15 is 0 Å². The monoisotopic (exact) mass is 340 g/mol. The number of ether oxygens (including phenoxy) is 1. The molecule has 0 spiro atoms. The van der Waals surface area contributed by atoms with E-state index in [1.54, 1.807) is 0 Å². The Morgan fingerprint density at radius 1 is 1.09 bits per heavy atom. The van der Waals surface area contributed by atoms with E-state index in [4.69, 9.17) is 13.8 Å². The first-order chi connectivity index (χ1) is 11.1. The molecule has 0 amide bonds. The molecular formula is C17H25O5P. The fraction of sp³-hybridized carbons (Fsp3) is 0.588. The van der Waals surface area contributed by atoms with E-state index in [2.05, 4.69) is 0 Å². The van der Waals surface area contributed by atoms with Gasteiger partial charge < -0.3 is 13.8 Å². The van der Waals surface area contributed by atoms with Crippen molar-refractivity contribution < 1.29 is 23.1 Å². The zero-order valence-corrected chi connectivity index (χ0v) is 14.7. The van der Waals surface area contributed by atoms with Crippen LogP contribution in [0.3, 0.4) is 0 Å². The van der Waals surface area contributed by atoms with Gasteiger partial charge in [-0.3, -0.25) is 9.36 Å². The fourth-order valence-electron chi connectivity index (χ4n) is 2.86. The van der Waals surface area contributed by atoms with E-state index < -0.39 is 7.60 Å². The molecule has 0 unspecified atom stereocenters. The van der Waals surface area contributed by atoms with Crippen LogP contribution in [0.15, 0.2) is 30.3 Å². The first-order valence-corrected chi connectivity index (χ1v) is 9.68. The third kappa shape index (κ3) is 5.54. The first kappa shape index (κ1) is 18.3. The van der Waals surface area contributed by atoms with Crippen molar-refractivity contribution in [1.82, 2.24) is 0 Å². The molecule has 0 bridgehead atoms. The Bertz CT molecular complexity index is 529. The molecule has 5 nitrogen and oxygen atoms in total. The molecule has 2 rings (SSSR count). The molecule has 1 aromatic carbocycles. The predicted molar refractivity (Wildman–Crippen MR) is 88.5 cm³/mol. The van der Waals surface area contributed by atoms with Crippen molar-refractivity contribution >= 4 is 13.4 Å². The second-order valence-corrected chi connectivity index (χ2v) is 8.14. The van der Waals surface area contributed by atoms with Gasteiger partial charge in [-0.15, -0.1) is 0 Å². The van der Waals surface area contributed by atoms with Gasteiger partial charge in [0, 0.05) is 20.1 Å². The molecule has 1 saturated carbocycles. The highest BCUT2D eigenvalue weighted by molar-refractivity contribution is 7.54. The molecule has 1 aliphatic carbocycles. The molecule has 128 valence electrons. The normalized spacial score (nSPS) is 22.0. The summed E-state index contributed by atoms with van der Waals surface area (Å²) < 4.78 is 27.7. The van der Waals surface area contributed by atoms with Crippen molar-refractivity contribution in [3.05, 3.63) is 35.9 Å². The molecule has 0 N–H and O–H groups in total. The second-order valence-electron chi connectivity index (χ2n) is 5.87. The van der Waals surface area contributed by atoms with E-state index in [1.165, 1.54) is 14.2 Å². The van der Waals surface area contributed by atoms with Crippen LogP contribution in [-0.4, -0.2) is 32.3 Å². The maximum atomic E-state index is 12.2. The Kier molecular flexibility index (Phi) is 6.97. The average molecular weight is 340 g/mol. The molecule has 1 fully saturated rings. The molecule has 0 aliphatic heterocycles. The van der Waals surface area contributed by atoms with Crippen LogP contribution in [-0.2, 0) is 29.8 Å². The van der Waals surface area contributed by atoms with Gasteiger partial charge in [0.1, 0.15) is 11.9 Å². The van der Waals surface area contributed by atoms with Gasteiger partial charge in [-0.2, -0.15) is 0 Å². The van der Waals surface area contributed by atoms with E-state index in [0.29, 0.717) is 6.61 Å². The van der Waals surface area contributed by atoms with Crippen LogP contribution in [0.2, 0.25) is 0 Å².